The molecule has 6 heteroatoms. The van der Waals surface area contributed by atoms with Crippen LogP contribution in [0, 0.1) is 19.8 Å². The Morgan fingerprint density at radius 1 is 1.03 bits per heavy atom. The largest absolute Gasteiger partial charge is 0.354 e. The van der Waals surface area contributed by atoms with Crippen LogP contribution in [0.1, 0.15) is 50.7 Å². The molecule has 0 saturated carbocycles. The SMILES string of the molecule is CCCCC(CC)CNC(=O)CN(c1ccc(C)c(C)c1)S(=O)(=O)c1ccccc1. The minimum Gasteiger partial charge on any atom is -0.354 e. The average Bonchev–Trinajstić information content (AvgIpc) is 2.74. The second kappa shape index (κ2) is 11.2. The summed E-state index contributed by atoms with van der Waals surface area (Å²) in [5.74, 6) is 0.123. The van der Waals surface area contributed by atoms with E-state index in [1.807, 2.05) is 26.0 Å². The van der Waals surface area contributed by atoms with Crippen LogP contribution in [0.15, 0.2) is 53.4 Å². The van der Waals surface area contributed by atoms with Crippen LogP contribution in [0.4, 0.5) is 5.69 Å². The number of nitrogens with zero attached hydrogens (tertiary/aromatic N) is 1. The van der Waals surface area contributed by atoms with Crippen LogP contribution in [-0.4, -0.2) is 27.4 Å². The predicted molar refractivity (Wildman–Crippen MR) is 123 cm³/mol. The highest BCUT2D eigenvalue weighted by Crippen LogP contribution is 2.25. The van der Waals surface area contributed by atoms with Crippen LogP contribution >= 0.6 is 0 Å². The van der Waals surface area contributed by atoms with E-state index in [1.165, 1.54) is 4.31 Å². The van der Waals surface area contributed by atoms with Crippen molar-refractivity contribution in [3.8, 4) is 0 Å². The molecule has 0 bridgehead atoms. The van der Waals surface area contributed by atoms with E-state index in [-0.39, 0.29) is 17.3 Å². The zero-order valence-electron chi connectivity index (χ0n) is 18.5. The molecule has 1 N–H and O–H groups in total. The van der Waals surface area contributed by atoms with Crippen LogP contribution in [0.3, 0.4) is 0 Å². The maximum atomic E-state index is 13.3. The van der Waals surface area contributed by atoms with E-state index in [9.17, 15) is 13.2 Å². The Hall–Kier alpha value is -2.34. The molecule has 2 aromatic rings. The molecule has 1 atom stereocenters. The van der Waals surface area contributed by atoms with Gasteiger partial charge in [0.05, 0.1) is 10.6 Å². The highest BCUT2D eigenvalue weighted by Gasteiger charge is 2.27. The Labute approximate surface area is 181 Å². The first-order chi connectivity index (χ1) is 14.3. The summed E-state index contributed by atoms with van der Waals surface area (Å²) in [6.45, 7) is 8.51. The molecule has 2 aromatic carbocycles. The van der Waals surface area contributed by atoms with Crippen LogP contribution in [0.25, 0.3) is 0 Å². The number of unbranched alkanes of at least 4 members (excludes halogenated alkanes) is 1. The molecule has 0 aromatic heterocycles. The molecule has 0 heterocycles. The molecule has 0 aliphatic rings. The molecule has 0 aliphatic heterocycles. The van der Waals surface area contributed by atoms with E-state index in [0.717, 1.165) is 36.8 Å². The van der Waals surface area contributed by atoms with Crippen molar-refractivity contribution in [2.75, 3.05) is 17.4 Å². The molecule has 0 aliphatic carbocycles. The fourth-order valence-corrected chi connectivity index (χ4v) is 4.74. The molecule has 0 fully saturated rings. The van der Waals surface area contributed by atoms with Gasteiger partial charge in [-0.3, -0.25) is 9.10 Å². The number of amides is 1. The summed E-state index contributed by atoms with van der Waals surface area (Å²) in [6.07, 6.45) is 4.31. The third-order valence-electron chi connectivity index (χ3n) is 5.53. The Kier molecular flexibility index (Phi) is 8.90. The van der Waals surface area contributed by atoms with Gasteiger partial charge in [0.25, 0.3) is 10.0 Å². The zero-order valence-corrected chi connectivity index (χ0v) is 19.3. The standard InChI is InChI=1S/C24H34N2O3S/c1-5-7-11-21(6-2)17-25-24(27)18-26(22-15-14-19(3)20(4)16-22)30(28,29)23-12-9-8-10-13-23/h8-10,12-16,21H,5-7,11,17-18H2,1-4H3,(H,25,27). The summed E-state index contributed by atoms with van der Waals surface area (Å²) in [5.41, 5.74) is 2.55. The number of carbonyl (C=O) groups excluding carboxylic acids is 1. The van der Waals surface area contributed by atoms with Gasteiger partial charge in [0.1, 0.15) is 6.54 Å². The normalized spacial score (nSPS) is 12.4. The molecule has 1 unspecified atom stereocenters. The van der Waals surface area contributed by atoms with Crippen molar-refractivity contribution >= 4 is 21.6 Å². The quantitative estimate of drug-likeness (QED) is 0.555. The summed E-state index contributed by atoms with van der Waals surface area (Å²) in [5, 5.41) is 2.95. The number of anilines is 1. The van der Waals surface area contributed by atoms with Crippen LogP contribution in [-0.2, 0) is 14.8 Å². The van der Waals surface area contributed by atoms with E-state index >= 15 is 0 Å². The molecule has 1 amide bonds. The van der Waals surface area contributed by atoms with Gasteiger partial charge >= 0.3 is 0 Å². The third-order valence-corrected chi connectivity index (χ3v) is 7.32. The van der Waals surface area contributed by atoms with Gasteiger partial charge in [-0.05, 0) is 61.6 Å². The Bertz CT molecular complexity index is 927. The van der Waals surface area contributed by atoms with E-state index in [4.69, 9.17) is 0 Å². The van der Waals surface area contributed by atoms with Gasteiger partial charge in [-0.2, -0.15) is 0 Å². The summed E-state index contributed by atoms with van der Waals surface area (Å²) in [6, 6.07) is 13.7. The molecular formula is C24H34N2O3S. The van der Waals surface area contributed by atoms with Crippen molar-refractivity contribution in [2.45, 2.75) is 58.3 Å². The van der Waals surface area contributed by atoms with E-state index in [1.54, 1.807) is 36.4 Å². The number of hydrogen-bond donors (Lipinski definition) is 1. The van der Waals surface area contributed by atoms with Crippen molar-refractivity contribution in [2.24, 2.45) is 5.92 Å². The first-order valence-corrected chi connectivity index (χ1v) is 12.1. The third kappa shape index (κ3) is 6.33. The highest BCUT2D eigenvalue weighted by molar-refractivity contribution is 7.92. The Morgan fingerprint density at radius 3 is 2.33 bits per heavy atom. The predicted octanol–water partition coefficient (Wildman–Crippen LogP) is 4.83. The van der Waals surface area contributed by atoms with Gasteiger partial charge < -0.3 is 5.32 Å². The van der Waals surface area contributed by atoms with Gasteiger partial charge in [-0.25, -0.2) is 8.42 Å². The number of sulfonamides is 1. The fraction of sp³-hybridized carbons (Fsp3) is 0.458. The lowest BCUT2D eigenvalue weighted by atomic mass is 9.99. The zero-order chi connectivity index (χ0) is 22.1. The van der Waals surface area contributed by atoms with Crippen molar-refractivity contribution in [3.05, 3.63) is 59.7 Å². The second-order valence-corrected chi connectivity index (χ2v) is 9.68. The van der Waals surface area contributed by atoms with Crippen molar-refractivity contribution in [1.29, 1.82) is 0 Å². The molecule has 2 rings (SSSR count). The Morgan fingerprint density at radius 2 is 1.73 bits per heavy atom. The highest BCUT2D eigenvalue weighted by atomic mass is 32.2. The molecule has 30 heavy (non-hydrogen) atoms. The van der Waals surface area contributed by atoms with Gasteiger partial charge in [0, 0.05) is 6.54 Å². The number of aryl methyl sites for hydroxylation is 2. The lowest BCUT2D eigenvalue weighted by molar-refractivity contribution is -0.119. The first kappa shape index (κ1) is 23.9. The summed E-state index contributed by atoms with van der Waals surface area (Å²) in [7, 11) is -3.86. The maximum absolute atomic E-state index is 13.3. The number of benzene rings is 2. The average molecular weight is 431 g/mol. The number of rotatable bonds is 11. The summed E-state index contributed by atoms with van der Waals surface area (Å²) < 4.78 is 27.9. The van der Waals surface area contributed by atoms with Crippen LogP contribution in [0.2, 0.25) is 0 Å². The first-order valence-electron chi connectivity index (χ1n) is 10.7. The van der Waals surface area contributed by atoms with E-state index in [2.05, 4.69) is 19.2 Å². The molecule has 0 saturated heterocycles. The number of nitrogens with one attached hydrogen (secondary N) is 1. The summed E-state index contributed by atoms with van der Waals surface area (Å²) >= 11 is 0. The van der Waals surface area contributed by atoms with E-state index < -0.39 is 10.0 Å². The van der Waals surface area contributed by atoms with Gasteiger partial charge in [0.2, 0.25) is 5.91 Å². The van der Waals surface area contributed by atoms with Crippen molar-refractivity contribution < 1.29 is 13.2 Å². The van der Waals surface area contributed by atoms with E-state index in [0.29, 0.717) is 18.2 Å². The number of hydrogen-bond acceptors (Lipinski definition) is 3. The monoisotopic (exact) mass is 430 g/mol. The molecule has 164 valence electrons. The Balaban J connectivity index is 2.26. The van der Waals surface area contributed by atoms with Crippen molar-refractivity contribution in [3.63, 3.8) is 0 Å². The molecule has 5 nitrogen and oxygen atoms in total. The second-order valence-electron chi connectivity index (χ2n) is 7.81. The lowest BCUT2D eigenvalue weighted by Gasteiger charge is -2.25. The van der Waals surface area contributed by atoms with Gasteiger partial charge in [0.15, 0.2) is 0 Å². The number of carbonyl (C=O) groups is 1. The lowest BCUT2D eigenvalue weighted by Crippen LogP contribution is -2.42. The van der Waals surface area contributed by atoms with Gasteiger partial charge in [-0.1, -0.05) is 57.4 Å². The minimum absolute atomic E-state index is 0.172. The topological polar surface area (TPSA) is 66.5 Å². The molecule has 0 spiro atoms. The molecular weight excluding hydrogens is 396 g/mol. The van der Waals surface area contributed by atoms with Crippen LogP contribution < -0.4 is 9.62 Å². The smallest absolute Gasteiger partial charge is 0.264 e. The van der Waals surface area contributed by atoms with Gasteiger partial charge in [-0.15, -0.1) is 0 Å². The maximum Gasteiger partial charge on any atom is 0.264 e. The summed E-state index contributed by atoms with van der Waals surface area (Å²) in [4.78, 5) is 12.9. The van der Waals surface area contributed by atoms with Crippen molar-refractivity contribution in [1.82, 2.24) is 5.32 Å². The fourth-order valence-electron chi connectivity index (χ4n) is 3.30. The molecule has 0 radical (unpaired) electrons. The minimum atomic E-state index is -3.86. The van der Waals surface area contributed by atoms with Crippen LogP contribution in [0.5, 0.6) is 0 Å².